The molecule has 3 aromatic rings. The second-order valence-corrected chi connectivity index (χ2v) is 6.99. The lowest BCUT2D eigenvalue weighted by Gasteiger charge is -2.11. The van der Waals surface area contributed by atoms with Crippen molar-refractivity contribution in [1.29, 1.82) is 0 Å². The number of benzene rings is 2. The number of para-hydroxylation sites is 1. The third kappa shape index (κ3) is 3.01. The van der Waals surface area contributed by atoms with Gasteiger partial charge in [-0.3, -0.25) is 14.9 Å². The number of fused-ring (bicyclic) bond motifs is 1. The lowest BCUT2D eigenvalue weighted by atomic mass is 10.2. The molecule has 0 spiro atoms. The van der Waals surface area contributed by atoms with Gasteiger partial charge in [-0.05, 0) is 37.2 Å². The van der Waals surface area contributed by atoms with E-state index in [4.69, 9.17) is 20.9 Å². The summed E-state index contributed by atoms with van der Waals surface area (Å²) in [5.41, 5.74) is 2.85. The van der Waals surface area contributed by atoms with E-state index in [1.54, 1.807) is 24.3 Å². The Morgan fingerprint density at radius 1 is 1.25 bits per heavy atom. The Hall–Kier alpha value is -2.35. The van der Waals surface area contributed by atoms with Crippen molar-refractivity contribution in [3.8, 4) is 0 Å². The average Bonchev–Trinajstić information content (AvgIpc) is 2.93. The van der Waals surface area contributed by atoms with Crippen molar-refractivity contribution in [2.75, 3.05) is 5.43 Å². The van der Waals surface area contributed by atoms with Crippen LogP contribution in [0.3, 0.4) is 0 Å². The summed E-state index contributed by atoms with van der Waals surface area (Å²) in [6.45, 7) is -2.47. The van der Waals surface area contributed by atoms with Gasteiger partial charge in [0.15, 0.2) is 0 Å². The maximum Gasteiger partial charge on any atom is 0.270 e. The fraction of sp³-hybridized carbons (Fsp3) is 0.0625. The van der Waals surface area contributed by atoms with E-state index >= 15 is 0 Å². The summed E-state index contributed by atoms with van der Waals surface area (Å²) in [5.74, 6) is -0.719. The summed E-state index contributed by atoms with van der Waals surface area (Å²) in [6.07, 6.45) is 0. The van der Waals surface area contributed by atoms with Crippen LogP contribution >= 0.6 is 11.6 Å². The van der Waals surface area contributed by atoms with Crippen molar-refractivity contribution in [2.45, 2.75) is 11.7 Å². The van der Waals surface area contributed by atoms with Gasteiger partial charge in [0.1, 0.15) is 4.90 Å². The lowest BCUT2D eigenvalue weighted by molar-refractivity contribution is 0.101. The molecule has 0 aliphatic rings. The van der Waals surface area contributed by atoms with Gasteiger partial charge in [0.25, 0.3) is 5.91 Å². The van der Waals surface area contributed by atoms with Gasteiger partial charge in [0, 0.05) is 20.8 Å². The van der Waals surface area contributed by atoms with Crippen molar-refractivity contribution in [1.82, 2.24) is 4.68 Å². The Morgan fingerprint density at radius 2 is 2.00 bits per heavy atom. The monoisotopic (exact) mass is 366 g/mol. The summed E-state index contributed by atoms with van der Waals surface area (Å²) in [5, 5.41) is 5.60. The van der Waals surface area contributed by atoms with Gasteiger partial charge in [0.05, 0.1) is 10.5 Å². The molecule has 2 aromatic carbocycles. The molecule has 24 heavy (non-hydrogen) atoms. The SMILES string of the molecule is [2H]C([2H])([2H])c1cc2ccccc2n1NC(=O)c1ccc(Cl)c(S(N)(=O)=O)c1. The number of aromatic nitrogens is 1. The molecule has 3 N–H and O–H groups in total. The van der Waals surface area contributed by atoms with Gasteiger partial charge in [-0.1, -0.05) is 29.8 Å². The van der Waals surface area contributed by atoms with E-state index in [-0.39, 0.29) is 16.3 Å². The van der Waals surface area contributed by atoms with E-state index in [0.717, 1.165) is 10.7 Å². The minimum Gasteiger partial charge on any atom is -0.267 e. The van der Waals surface area contributed by atoms with Crippen LogP contribution in [0.1, 0.15) is 20.2 Å². The number of hydrogen-bond donors (Lipinski definition) is 2. The molecule has 1 aromatic heterocycles. The van der Waals surface area contributed by atoms with E-state index < -0.39 is 27.7 Å². The van der Waals surface area contributed by atoms with Crippen LogP contribution in [-0.2, 0) is 10.0 Å². The minimum atomic E-state index is -4.13. The molecule has 1 heterocycles. The summed E-state index contributed by atoms with van der Waals surface area (Å²) in [6, 6.07) is 11.9. The molecule has 0 saturated carbocycles. The molecule has 6 nitrogen and oxygen atoms in total. The van der Waals surface area contributed by atoms with Crippen LogP contribution in [0, 0.1) is 6.85 Å². The molecular weight excluding hydrogens is 350 g/mol. The third-order valence-electron chi connectivity index (χ3n) is 3.42. The van der Waals surface area contributed by atoms with Crippen molar-refractivity contribution in [3.05, 3.63) is 64.8 Å². The zero-order chi connectivity index (χ0) is 20.0. The fourth-order valence-electron chi connectivity index (χ4n) is 2.30. The smallest absolute Gasteiger partial charge is 0.267 e. The molecule has 0 aliphatic heterocycles. The first-order valence-corrected chi connectivity index (χ1v) is 8.65. The number of carbonyl (C=O) groups is 1. The van der Waals surface area contributed by atoms with E-state index in [1.807, 2.05) is 0 Å². The molecule has 0 bridgehead atoms. The van der Waals surface area contributed by atoms with Crippen LogP contribution in [0.15, 0.2) is 53.4 Å². The first-order valence-electron chi connectivity index (χ1n) is 8.23. The Morgan fingerprint density at radius 3 is 2.71 bits per heavy atom. The van der Waals surface area contributed by atoms with E-state index in [2.05, 4.69) is 5.43 Å². The first-order chi connectivity index (χ1) is 12.5. The second kappa shape index (κ2) is 5.94. The molecule has 0 atom stereocenters. The number of rotatable bonds is 3. The summed E-state index contributed by atoms with van der Waals surface area (Å²) >= 11 is 5.82. The van der Waals surface area contributed by atoms with E-state index in [1.165, 1.54) is 18.2 Å². The Balaban J connectivity index is 2.07. The van der Waals surface area contributed by atoms with Gasteiger partial charge in [0.2, 0.25) is 10.0 Å². The number of primary sulfonamides is 1. The highest BCUT2D eigenvalue weighted by molar-refractivity contribution is 7.89. The number of aryl methyl sites for hydroxylation is 1. The standard InChI is InChI=1S/C16H14ClN3O3S/c1-10-8-11-4-2-3-5-14(11)20(10)19-16(21)12-6-7-13(17)15(9-12)24(18,22)23/h2-9H,1H3,(H,19,21)(H2,18,22,23)/i1D3. The van der Waals surface area contributed by atoms with Gasteiger partial charge < -0.3 is 0 Å². The molecule has 124 valence electrons. The van der Waals surface area contributed by atoms with Gasteiger partial charge in [-0.25, -0.2) is 13.6 Å². The van der Waals surface area contributed by atoms with Gasteiger partial charge >= 0.3 is 0 Å². The summed E-state index contributed by atoms with van der Waals surface area (Å²) in [7, 11) is -4.13. The molecule has 0 aliphatic carbocycles. The Labute approximate surface area is 148 Å². The van der Waals surface area contributed by atoms with Gasteiger partial charge in [-0.2, -0.15) is 0 Å². The molecule has 3 rings (SSSR count). The van der Waals surface area contributed by atoms with E-state index in [9.17, 15) is 13.2 Å². The number of nitrogens with one attached hydrogen (secondary N) is 1. The highest BCUT2D eigenvalue weighted by Gasteiger charge is 2.17. The third-order valence-corrected chi connectivity index (χ3v) is 4.82. The Kier molecular flexibility index (Phi) is 3.22. The van der Waals surface area contributed by atoms with Crippen LogP contribution in [-0.4, -0.2) is 19.0 Å². The van der Waals surface area contributed by atoms with Crippen LogP contribution in [0.25, 0.3) is 10.9 Å². The quantitative estimate of drug-likeness (QED) is 0.746. The molecular formula is C16H14ClN3O3S. The number of sulfonamides is 1. The highest BCUT2D eigenvalue weighted by Crippen LogP contribution is 2.22. The summed E-state index contributed by atoms with van der Waals surface area (Å²) < 4.78 is 47.4. The average molecular weight is 367 g/mol. The summed E-state index contributed by atoms with van der Waals surface area (Å²) in [4.78, 5) is 12.2. The van der Waals surface area contributed by atoms with Crippen molar-refractivity contribution in [3.63, 3.8) is 0 Å². The highest BCUT2D eigenvalue weighted by atomic mass is 35.5. The minimum absolute atomic E-state index is 0.0438. The molecule has 0 radical (unpaired) electrons. The van der Waals surface area contributed by atoms with E-state index in [0.29, 0.717) is 10.9 Å². The van der Waals surface area contributed by atoms with Crippen molar-refractivity contribution >= 4 is 38.4 Å². The maximum atomic E-state index is 12.6. The molecule has 8 heteroatoms. The molecule has 1 amide bonds. The number of halogens is 1. The predicted molar refractivity (Wildman–Crippen MR) is 93.2 cm³/mol. The number of hydrogen-bond acceptors (Lipinski definition) is 3. The van der Waals surface area contributed by atoms with Crippen LogP contribution < -0.4 is 10.6 Å². The second-order valence-electron chi connectivity index (χ2n) is 5.05. The van der Waals surface area contributed by atoms with Crippen LogP contribution in [0.4, 0.5) is 0 Å². The zero-order valence-electron chi connectivity index (χ0n) is 15.2. The Bertz CT molecular complexity index is 1160. The zero-order valence-corrected chi connectivity index (χ0v) is 13.7. The normalized spacial score (nSPS) is 14.0. The number of nitrogens with zero attached hydrogens (tertiary/aromatic N) is 1. The fourth-order valence-corrected chi connectivity index (χ4v) is 3.38. The number of nitrogens with two attached hydrogens (primary N) is 1. The lowest BCUT2D eigenvalue weighted by Crippen LogP contribution is -2.24. The predicted octanol–water partition coefficient (Wildman–Crippen LogP) is 2.63. The maximum absolute atomic E-state index is 12.6. The molecule has 0 unspecified atom stereocenters. The topological polar surface area (TPSA) is 94.2 Å². The molecule has 0 fully saturated rings. The van der Waals surface area contributed by atoms with Crippen molar-refractivity contribution in [2.24, 2.45) is 5.14 Å². The number of carbonyl (C=O) groups excluding carboxylic acids is 1. The van der Waals surface area contributed by atoms with Crippen LogP contribution in [0.5, 0.6) is 0 Å². The van der Waals surface area contributed by atoms with Gasteiger partial charge in [-0.15, -0.1) is 0 Å². The number of amides is 1. The first kappa shape index (κ1) is 13.0. The van der Waals surface area contributed by atoms with Crippen molar-refractivity contribution < 1.29 is 17.3 Å². The largest absolute Gasteiger partial charge is 0.270 e. The molecule has 0 saturated heterocycles. The van der Waals surface area contributed by atoms with Crippen LogP contribution in [0.2, 0.25) is 5.02 Å².